The van der Waals surface area contributed by atoms with Gasteiger partial charge in [-0.25, -0.2) is 4.79 Å². The van der Waals surface area contributed by atoms with Gasteiger partial charge in [-0.3, -0.25) is 9.80 Å². The smallest absolute Gasteiger partial charge is 0.451 e. The Morgan fingerprint density at radius 3 is 2.52 bits per heavy atom. The van der Waals surface area contributed by atoms with Crippen LogP contribution in [0.25, 0.3) is 0 Å². The molecule has 0 spiro atoms. The number of hydrogen-bond donors (Lipinski definition) is 1. The van der Waals surface area contributed by atoms with E-state index in [9.17, 15) is 23.1 Å². The number of alkyl halides is 3. The zero-order valence-electron chi connectivity index (χ0n) is 15.8. The predicted molar refractivity (Wildman–Crippen MR) is 94.9 cm³/mol. The predicted octanol–water partition coefficient (Wildman–Crippen LogP) is 1.96. The molecule has 0 unspecified atom stereocenters. The fourth-order valence-corrected chi connectivity index (χ4v) is 3.93. The Morgan fingerprint density at radius 2 is 1.79 bits per heavy atom. The van der Waals surface area contributed by atoms with E-state index in [0.717, 1.165) is 30.5 Å². The maximum Gasteiger partial charge on any atom is 0.451 e. The van der Waals surface area contributed by atoms with Crippen molar-refractivity contribution in [2.75, 3.05) is 19.6 Å². The number of halogens is 3. The molecular weight excluding hydrogens is 391 g/mol. The average molecular weight is 413 g/mol. The molecule has 1 N–H and O–H groups in total. The minimum Gasteiger partial charge on any atom is -0.507 e. The molecule has 0 amide bonds. The van der Waals surface area contributed by atoms with Crippen molar-refractivity contribution in [1.82, 2.24) is 24.6 Å². The Labute approximate surface area is 164 Å². The van der Waals surface area contributed by atoms with E-state index in [-0.39, 0.29) is 43.3 Å². The Morgan fingerprint density at radius 1 is 1.03 bits per heavy atom. The monoisotopic (exact) mass is 413 g/mol. The van der Waals surface area contributed by atoms with Gasteiger partial charge in [0, 0.05) is 31.7 Å². The molecule has 4 rings (SSSR count). The van der Waals surface area contributed by atoms with Crippen molar-refractivity contribution >= 4 is 0 Å². The van der Waals surface area contributed by atoms with E-state index in [2.05, 4.69) is 15.1 Å². The number of rotatable bonds is 4. The standard InChI is InChI=1S/C18H22F3N5O3/c19-18(20,21)17-23-22-14-10-25(6-7-26(14)17)9-13-15(27)12(11-29-16(13)28)8-24-4-2-1-3-5-24/h11,27H,1-10H2. The second-order valence-corrected chi connectivity index (χ2v) is 7.51. The second-order valence-electron chi connectivity index (χ2n) is 7.51. The highest BCUT2D eigenvalue weighted by Crippen LogP contribution is 2.30. The van der Waals surface area contributed by atoms with E-state index >= 15 is 0 Å². The van der Waals surface area contributed by atoms with Gasteiger partial charge in [0.1, 0.15) is 17.8 Å². The molecule has 0 bridgehead atoms. The van der Waals surface area contributed by atoms with Gasteiger partial charge < -0.3 is 14.1 Å². The van der Waals surface area contributed by atoms with Crippen LogP contribution in [0, 0.1) is 0 Å². The molecule has 1 fully saturated rings. The Hall–Kier alpha value is -2.40. The number of likely N-dealkylation sites (tertiary alicyclic amines) is 1. The van der Waals surface area contributed by atoms with Gasteiger partial charge in [-0.15, -0.1) is 10.2 Å². The number of fused-ring (bicyclic) bond motifs is 1. The molecule has 158 valence electrons. The van der Waals surface area contributed by atoms with E-state index < -0.39 is 17.6 Å². The fourth-order valence-electron chi connectivity index (χ4n) is 3.93. The van der Waals surface area contributed by atoms with Crippen LogP contribution in [0.15, 0.2) is 15.5 Å². The van der Waals surface area contributed by atoms with Crippen molar-refractivity contribution in [3.63, 3.8) is 0 Å². The highest BCUT2D eigenvalue weighted by Gasteiger charge is 2.39. The summed E-state index contributed by atoms with van der Waals surface area (Å²) in [6.07, 6.45) is 0.110. The van der Waals surface area contributed by atoms with Crippen molar-refractivity contribution in [2.45, 2.75) is 51.6 Å². The van der Waals surface area contributed by atoms with Gasteiger partial charge in [0.05, 0.1) is 12.1 Å². The summed E-state index contributed by atoms with van der Waals surface area (Å²) in [7, 11) is 0. The van der Waals surface area contributed by atoms with Crippen LogP contribution in [-0.4, -0.2) is 49.3 Å². The van der Waals surface area contributed by atoms with E-state index in [0.29, 0.717) is 12.1 Å². The van der Waals surface area contributed by atoms with Crippen molar-refractivity contribution < 1.29 is 22.7 Å². The Bertz CT molecular complexity index is 934. The lowest BCUT2D eigenvalue weighted by molar-refractivity contribution is -0.148. The highest BCUT2D eigenvalue weighted by molar-refractivity contribution is 5.36. The molecular formula is C18H22F3N5O3. The minimum absolute atomic E-state index is 0.0523. The lowest BCUT2D eigenvalue weighted by atomic mass is 10.1. The lowest BCUT2D eigenvalue weighted by Crippen LogP contribution is -2.36. The van der Waals surface area contributed by atoms with Crippen LogP contribution in [0.5, 0.6) is 5.75 Å². The van der Waals surface area contributed by atoms with Crippen LogP contribution < -0.4 is 5.63 Å². The van der Waals surface area contributed by atoms with Crippen LogP contribution in [0.1, 0.15) is 42.0 Å². The molecule has 0 saturated carbocycles. The van der Waals surface area contributed by atoms with Gasteiger partial charge in [-0.05, 0) is 25.9 Å². The first-order valence-electron chi connectivity index (χ1n) is 9.59. The molecule has 8 nitrogen and oxygen atoms in total. The summed E-state index contributed by atoms with van der Waals surface area (Å²) in [4.78, 5) is 16.1. The zero-order chi connectivity index (χ0) is 20.6. The number of aromatic nitrogens is 3. The molecule has 0 aromatic carbocycles. The summed E-state index contributed by atoms with van der Waals surface area (Å²) in [5.41, 5.74) is 0.0115. The van der Waals surface area contributed by atoms with Crippen molar-refractivity contribution in [1.29, 1.82) is 0 Å². The first kappa shape index (κ1) is 19.9. The second kappa shape index (κ2) is 7.79. The van der Waals surface area contributed by atoms with Gasteiger partial charge in [0.25, 0.3) is 0 Å². The first-order valence-corrected chi connectivity index (χ1v) is 9.59. The van der Waals surface area contributed by atoms with Gasteiger partial charge in [0.2, 0.25) is 5.82 Å². The van der Waals surface area contributed by atoms with Crippen LogP contribution in [0.2, 0.25) is 0 Å². The summed E-state index contributed by atoms with van der Waals surface area (Å²) in [5.74, 6) is -0.940. The molecule has 0 aliphatic carbocycles. The number of hydrogen-bond acceptors (Lipinski definition) is 7. The minimum atomic E-state index is -4.56. The summed E-state index contributed by atoms with van der Waals surface area (Å²) < 4.78 is 45.1. The summed E-state index contributed by atoms with van der Waals surface area (Å²) in [6, 6.07) is 0. The number of piperidine rings is 1. The van der Waals surface area contributed by atoms with E-state index in [1.54, 1.807) is 4.90 Å². The van der Waals surface area contributed by atoms with Gasteiger partial charge in [0.15, 0.2) is 0 Å². The lowest BCUT2D eigenvalue weighted by Gasteiger charge is -2.28. The average Bonchev–Trinajstić information content (AvgIpc) is 3.12. The third kappa shape index (κ3) is 4.15. The van der Waals surface area contributed by atoms with E-state index in [1.807, 2.05) is 0 Å². The molecule has 29 heavy (non-hydrogen) atoms. The van der Waals surface area contributed by atoms with Crippen LogP contribution in [0.4, 0.5) is 13.2 Å². The molecule has 11 heteroatoms. The molecule has 2 aliphatic heterocycles. The van der Waals surface area contributed by atoms with E-state index in [4.69, 9.17) is 4.42 Å². The molecule has 0 atom stereocenters. The van der Waals surface area contributed by atoms with Crippen molar-refractivity contribution in [3.8, 4) is 5.75 Å². The Balaban J connectivity index is 1.50. The van der Waals surface area contributed by atoms with Gasteiger partial charge >= 0.3 is 11.8 Å². The maximum atomic E-state index is 13.0. The molecule has 1 saturated heterocycles. The van der Waals surface area contributed by atoms with Gasteiger partial charge in [-0.2, -0.15) is 13.2 Å². The molecule has 0 radical (unpaired) electrons. The van der Waals surface area contributed by atoms with Crippen molar-refractivity contribution in [2.24, 2.45) is 0 Å². The number of aromatic hydroxyl groups is 1. The number of nitrogens with zero attached hydrogens (tertiary/aromatic N) is 5. The van der Waals surface area contributed by atoms with Crippen molar-refractivity contribution in [3.05, 3.63) is 39.5 Å². The molecule has 4 heterocycles. The van der Waals surface area contributed by atoms with Crippen LogP contribution in [-0.2, 0) is 32.4 Å². The zero-order valence-corrected chi connectivity index (χ0v) is 15.8. The van der Waals surface area contributed by atoms with Crippen LogP contribution in [0.3, 0.4) is 0 Å². The van der Waals surface area contributed by atoms with Gasteiger partial charge in [-0.1, -0.05) is 6.42 Å². The summed E-state index contributed by atoms with van der Waals surface area (Å²) in [6.45, 7) is 2.83. The Kier molecular flexibility index (Phi) is 5.34. The third-order valence-electron chi connectivity index (χ3n) is 5.45. The topological polar surface area (TPSA) is 87.6 Å². The molecule has 2 aliphatic rings. The fraction of sp³-hybridized carbons (Fsp3) is 0.611. The molecule has 2 aromatic heterocycles. The highest BCUT2D eigenvalue weighted by atomic mass is 19.4. The first-order chi connectivity index (χ1) is 13.8. The maximum absolute atomic E-state index is 13.0. The largest absolute Gasteiger partial charge is 0.507 e. The summed E-state index contributed by atoms with van der Waals surface area (Å²) in [5, 5.41) is 17.5. The summed E-state index contributed by atoms with van der Waals surface area (Å²) >= 11 is 0. The quantitative estimate of drug-likeness (QED) is 0.820. The van der Waals surface area contributed by atoms with E-state index in [1.165, 1.54) is 12.7 Å². The third-order valence-corrected chi connectivity index (χ3v) is 5.45. The molecule has 2 aromatic rings. The SMILES string of the molecule is O=c1occ(CN2CCCCC2)c(O)c1CN1CCn2c(nnc2C(F)(F)F)C1. The normalized spacial score (nSPS) is 18.7. The van der Waals surface area contributed by atoms with Crippen LogP contribution >= 0.6 is 0 Å².